The van der Waals surface area contributed by atoms with Crippen LogP contribution >= 0.6 is 0 Å². The number of carboxylic acids is 1. The molecule has 1 fully saturated rings. The molecular weight excluding hydrogens is 446 g/mol. The van der Waals surface area contributed by atoms with Crippen LogP contribution in [-0.4, -0.2) is 47.9 Å². The number of aromatic nitrogens is 1. The zero-order valence-corrected chi connectivity index (χ0v) is 20.1. The third-order valence-electron chi connectivity index (χ3n) is 6.95. The van der Waals surface area contributed by atoms with E-state index in [0.717, 1.165) is 28.7 Å². The van der Waals surface area contributed by atoms with Crippen LogP contribution in [0, 0.1) is 0 Å². The van der Waals surface area contributed by atoms with Gasteiger partial charge in [0.1, 0.15) is 5.56 Å². The molecule has 2 aromatic carbocycles. The van der Waals surface area contributed by atoms with Crippen LogP contribution < -0.4 is 5.43 Å². The molecule has 2 aliphatic heterocycles. The molecule has 3 aromatic rings. The highest BCUT2D eigenvalue weighted by atomic mass is 16.7. The van der Waals surface area contributed by atoms with Crippen LogP contribution in [0.5, 0.6) is 0 Å². The second-order valence-electron chi connectivity index (χ2n) is 9.59. The summed E-state index contributed by atoms with van der Waals surface area (Å²) < 4.78 is 19.7. The molecule has 1 aromatic heterocycles. The molecule has 0 amide bonds. The molecular formula is C28H29NO6. The molecule has 7 heteroatoms. The largest absolute Gasteiger partial charge is 0.477 e. The lowest BCUT2D eigenvalue weighted by atomic mass is 9.78. The van der Waals surface area contributed by atoms with Gasteiger partial charge in [-0.05, 0) is 43.0 Å². The molecule has 0 radical (unpaired) electrons. The average molecular weight is 476 g/mol. The summed E-state index contributed by atoms with van der Waals surface area (Å²) in [6, 6.07) is 17.4. The van der Waals surface area contributed by atoms with Crippen molar-refractivity contribution in [3.63, 3.8) is 0 Å². The Labute approximate surface area is 203 Å². The Kier molecular flexibility index (Phi) is 6.09. The molecule has 1 unspecified atom stereocenters. The van der Waals surface area contributed by atoms with Gasteiger partial charge in [-0.1, -0.05) is 42.5 Å². The minimum Gasteiger partial charge on any atom is -0.477 e. The molecule has 0 spiro atoms. The molecule has 1 saturated heterocycles. The van der Waals surface area contributed by atoms with E-state index in [9.17, 15) is 14.7 Å². The quantitative estimate of drug-likeness (QED) is 0.498. The minimum absolute atomic E-state index is 0.177. The van der Waals surface area contributed by atoms with E-state index in [4.69, 9.17) is 14.2 Å². The number of pyridine rings is 1. The van der Waals surface area contributed by atoms with Crippen molar-refractivity contribution in [3.05, 3.63) is 82.1 Å². The zero-order chi connectivity index (χ0) is 24.7. The van der Waals surface area contributed by atoms with Crippen molar-refractivity contribution in [2.45, 2.75) is 44.1 Å². The highest BCUT2D eigenvalue weighted by Gasteiger charge is 2.54. The van der Waals surface area contributed by atoms with Crippen LogP contribution in [0.25, 0.3) is 22.4 Å². The highest BCUT2D eigenvalue weighted by Crippen LogP contribution is 2.55. The van der Waals surface area contributed by atoms with E-state index in [1.54, 1.807) is 7.11 Å². The smallest absolute Gasteiger partial charge is 0.341 e. The number of rotatable bonds is 7. The topological polar surface area (TPSA) is 87.0 Å². The number of nitrogens with zero attached hydrogens (tertiary/aromatic N) is 1. The van der Waals surface area contributed by atoms with E-state index in [1.807, 2.05) is 48.7 Å². The lowest BCUT2D eigenvalue weighted by Crippen LogP contribution is -2.36. The fraction of sp³-hybridized carbons (Fsp3) is 0.357. The van der Waals surface area contributed by atoms with Gasteiger partial charge < -0.3 is 23.9 Å². The molecule has 5 rings (SSSR count). The van der Waals surface area contributed by atoms with Crippen molar-refractivity contribution in [3.8, 4) is 22.4 Å². The van der Waals surface area contributed by atoms with Crippen molar-refractivity contribution >= 4 is 5.97 Å². The number of fused-ring (bicyclic) bond motifs is 6. The number of benzene rings is 2. The number of carboxylic acid groups (broad SMARTS) is 1. The Bertz CT molecular complexity index is 1310. The Morgan fingerprint density at radius 1 is 1.09 bits per heavy atom. The van der Waals surface area contributed by atoms with E-state index in [1.165, 1.54) is 12.3 Å². The zero-order valence-electron chi connectivity index (χ0n) is 20.1. The third-order valence-corrected chi connectivity index (χ3v) is 6.95. The summed E-state index contributed by atoms with van der Waals surface area (Å²) in [5.74, 6) is -1.42. The lowest BCUT2D eigenvalue weighted by Gasteiger charge is -2.38. The fourth-order valence-electron chi connectivity index (χ4n) is 5.42. The van der Waals surface area contributed by atoms with Crippen LogP contribution in [0.15, 0.2) is 65.6 Å². The fourth-order valence-corrected chi connectivity index (χ4v) is 5.42. The van der Waals surface area contributed by atoms with Crippen LogP contribution in [0.1, 0.15) is 48.1 Å². The van der Waals surface area contributed by atoms with Gasteiger partial charge in [-0.15, -0.1) is 0 Å². The molecule has 7 nitrogen and oxygen atoms in total. The van der Waals surface area contributed by atoms with Gasteiger partial charge in [0.15, 0.2) is 11.7 Å². The van der Waals surface area contributed by atoms with Gasteiger partial charge in [0, 0.05) is 31.5 Å². The first kappa shape index (κ1) is 23.5. The number of aromatic carboxylic acids is 1. The van der Waals surface area contributed by atoms with Gasteiger partial charge in [0.2, 0.25) is 0 Å². The van der Waals surface area contributed by atoms with Crippen molar-refractivity contribution in [1.82, 2.24) is 4.57 Å². The van der Waals surface area contributed by atoms with Gasteiger partial charge in [-0.3, -0.25) is 4.79 Å². The second kappa shape index (κ2) is 9.07. The number of ether oxygens (including phenoxy) is 3. The molecule has 1 N–H and O–H groups in total. The second-order valence-corrected chi connectivity index (χ2v) is 9.59. The van der Waals surface area contributed by atoms with Crippen molar-refractivity contribution in [2.75, 3.05) is 20.3 Å². The molecule has 2 aliphatic rings. The van der Waals surface area contributed by atoms with Gasteiger partial charge in [0.25, 0.3) is 0 Å². The molecule has 3 heterocycles. The maximum absolute atomic E-state index is 12.8. The summed E-state index contributed by atoms with van der Waals surface area (Å²) >= 11 is 0. The number of carbonyl (C=O) groups is 1. The van der Waals surface area contributed by atoms with Crippen molar-refractivity contribution in [1.29, 1.82) is 0 Å². The molecule has 182 valence electrons. The lowest BCUT2D eigenvalue weighted by molar-refractivity contribution is -0.165. The highest BCUT2D eigenvalue weighted by molar-refractivity contribution is 5.88. The van der Waals surface area contributed by atoms with Crippen LogP contribution in [-0.2, 0) is 14.2 Å². The van der Waals surface area contributed by atoms with Gasteiger partial charge in [-0.2, -0.15) is 0 Å². The minimum atomic E-state index is -1.24. The predicted molar refractivity (Wildman–Crippen MR) is 132 cm³/mol. The van der Waals surface area contributed by atoms with E-state index in [0.29, 0.717) is 18.9 Å². The predicted octanol–water partition coefficient (Wildman–Crippen LogP) is 4.71. The summed E-state index contributed by atoms with van der Waals surface area (Å²) in [7, 11) is 1.66. The van der Waals surface area contributed by atoms with E-state index >= 15 is 0 Å². The Hall–Kier alpha value is -3.26. The van der Waals surface area contributed by atoms with Gasteiger partial charge >= 0.3 is 5.97 Å². The maximum atomic E-state index is 12.8. The summed E-state index contributed by atoms with van der Waals surface area (Å²) in [4.78, 5) is 24.6. The first-order valence-electron chi connectivity index (χ1n) is 11.8. The first-order chi connectivity index (χ1) is 16.8. The molecule has 3 atom stereocenters. The Balaban J connectivity index is 1.69. The first-order valence-corrected chi connectivity index (χ1v) is 11.8. The maximum Gasteiger partial charge on any atom is 0.341 e. The van der Waals surface area contributed by atoms with Crippen molar-refractivity contribution in [2.24, 2.45) is 0 Å². The van der Waals surface area contributed by atoms with Crippen LogP contribution in [0.3, 0.4) is 0 Å². The average Bonchev–Trinajstić information content (AvgIpc) is 3.12. The number of hydrogen-bond donors (Lipinski definition) is 1. The van der Waals surface area contributed by atoms with Crippen LogP contribution in [0.4, 0.5) is 0 Å². The van der Waals surface area contributed by atoms with Crippen LogP contribution in [0.2, 0.25) is 0 Å². The monoisotopic (exact) mass is 475 g/mol. The van der Waals surface area contributed by atoms with E-state index in [2.05, 4.69) is 18.2 Å². The SMILES string of the molecule is COCCCOC1OC(C)(C)[C@@H]2[C@H]1c1ccc(-c3ccccc3)cc1-c1cc(=O)c(C(=O)O)cn12. The third kappa shape index (κ3) is 4.10. The van der Waals surface area contributed by atoms with E-state index < -0.39 is 23.3 Å². The molecule has 0 saturated carbocycles. The van der Waals surface area contributed by atoms with Crippen molar-refractivity contribution < 1.29 is 24.1 Å². The molecule has 35 heavy (non-hydrogen) atoms. The molecule has 0 bridgehead atoms. The normalized spacial score (nSPS) is 21.7. The standard InChI is InChI=1S/C28H29NO6/c1-28(2)25-24(27(35-28)34-13-7-12-33-3)19-11-10-18(17-8-5-4-6-9-17)14-20(19)22-15-23(30)21(26(31)32)16-29(22)25/h4-6,8-11,14-16,24-25,27H,7,12-13H2,1-3H3,(H,31,32)/t24-,25+,27?/m1/s1. The Morgan fingerprint density at radius 3 is 2.57 bits per heavy atom. The summed E-state index contributed by atoms with van der Waals surface area (Å²) in [5, 5.41) is 9.66. The number of methoxy groups -OCH3 is 1. The summed E-state index contributed by atoms with van der Waals surface area (Å²) in [5.41, 5.74) is 3.24. The van der Waals surface area contributed by atoms with Gasteiger partial charge in [0.05, 0.1) is 29.9 Å². The summed E-state index contributed by atoms with van der Waals surface area (Å²) in [6.45, 7) is 5.03. The Morgan fingerprint density at radius 2 is 1.86 bits per heavy atom. The molecule has 0 aliphatic carbocycles. The van der Waals surface area contributed by atoms with Gasteiger partial charge in [-0.25, -0.2) is 4.79 Å². The number of hydrogen-bond acceptors (Lipinski definition) is 5. The van der Waals surface area contributed by atoms with E-state index in [-0.39, 0.29) is 17.5 Å². The summed E-state index contributed by atoms with van der Waals surface area (Å²) in [6.07, 6.45) is 1.68.